The second-order valence-electron chi connectivity index (χ2n) is 7.89. The zero-order chi connectivity index (χ0) is 21.6. The highest BCUT2D eigenvalue weighted by Crippen LogP contribution is 2.31. The first-order valence-corrected chi connectivity index (χ1v) is 10.1. The summed E-state index contributed by atoms with van der Waals surface area (Å²) >= 11 is 0. The smallest absolute Gasteiger partial charge is 0.332 e. The second-order valence-corrected chi connectivity index (χ2v) is 7.89. The molecule has 1 aliphatic heterocycles. The zero-order valence-electron chi connectivity index (χ0n) is 17.6. The third-order valence-electron chi connectivity index (χ3n) is 6.00. The summed E-state index contributed by atoms with van der Waals surface area (Å²) in [7, 11) is 3.05. The molecule has 4 rings (SSSR count). The lowest BCUT2D eigenvalue weighted by Gasteiger charge is -2.35. The van der Waals surface area contributed by atoms with Gasteiger partial charge < -0.3 is 9.42 Å². The van der Waals surface area contributed by atoms with E-state index >= 15 is 0 Å². The minimum Gasteiger partial charge on any atom is -0.361 e. The summed E-state index contributed by atoms with van der Waals surface area (Å²) in [6, 6.07) is 3.29. The average Bonchev–Trinajstić information content (AvgIpc) is 3.07. The summed E-state index contributed by atoms with van der Waals surface area (Å²) < 4.78 is 7.64. The Hall–Kier alpha value is -3.23. The van der Waals surface area contributed by atoms with E-state index in [1.165, 1.54) is 11.6 Å². The number of carbonyl (C=O) groups is 1. The average molecular weight is 411 g/mol. The van der Waals surface area contributed by atoms with Gasteiger partial charge in [0.25, 0.3) is 5.56 Å². The Bertz CT molecular complexity index is 1230. The molecule has 3 aromatic heterocycles. The van der Waals surface area contributed by atoms with Crippen molar-refractivity contribution in [1.29, 1.82) is 0 Å². The Balaban J connectivity index is 1.72. The summed E-state index contributed by atoms with van der Waals surface area (Å²) in [5.74, 6) is 0.651. The molecule has 1 aliphatic rings. The fourth-order valence-corrected chi connectivity index (χ4v) is 4.20. The maximum atomic E-state index is 13.2. The molecule has 9 nitrogen and oxygen atoms in total. The standard InChI is InChI=1S/C21H25N5O4/c1-12-15(13(2)30-23-12)11-18(27)26-10-6-5-7-17(26)16-9-8-14-19(22-16)24(3)21(29)25(4)20(14)28/h8-9,17H,5-7,10-11H2,1-4H3/t17-/m0/s1. The summed E-state index contributed by atoms with van der Waals surface area (Å²) in [5.41, 5.74) is 1.78. The SMILES string of the molecule is Cc1noc(C)c1CC(=O)N1CCCC[C@H]1c1ccc2c(=O)n(C)c(=O)n(C)c2n1. The number of rotatable bonds is 3. The Morgan fingerprint density at radius 3 is 2.63 bits per heavy atom. The van der Waals surface area contributed by atoms with Crippen LogP contribution in [0.3, 0.4) is 0 Å². The fourth-order valence-electron chi connectivity index (χ4n) is 4.20. The second kappa shape index (κ2) is 7.55. The van der Waals surface area contributed by atoms with Crippen molar-refractivity contribution in [3.05, 3.63) is 55.7 Å². The molecule has 0 bridgehead atoms. The van der Waals surface area contributed by atoms with Crippen LogP contribution < -0.4 is 11.2 Å². The molecule has 1 amide bonds. The molecule has 158 valence electrons. The monoisotopic (exact) mass is 411 g/mol. The molecule has 0 radical (unpaired) electrons. The van der Waals surface area contributed by atoms with E-state index in [9.17, 15) is 14.4 Å². The molecule has 0 N–H and O–H groups in total. The molecule has 9 heteroatoms. The minimum absolute atomic E-state index is 0.00568. The quantitative estimate of drug-likeness (QED) is 0.648. The minimum atomic E-state index is -0.424. The van der Waals surface area contributed by atoms with Crippen LogP contribution in [0.2, 0.25) is 0 Å². The van der Waals surface area contributed by atoms with E-state index in [1.54, 1.807) is 19.2 Å². The lowest BCUT2D eigenvalue weighted by molar-refractivity contribution is -0.134. The van der Waals surface area contributed by atoms with Gasteiger partial charge in [-0.2, -0.15) is 0 Å². The van der Waals surface area contributed by atoms with Crippen LogP contribution >= 0.6 is 0 Å². The predicted octanol–water partition coefficient (Wildman–Crippen LogP) is 1.53. The van der Waals surface area contributed by atoms with Crippen molar-refractivity contribution in [2.24, 2.45) is 14.1 Å². The molecule has 0 unspecified atom stereocenters. The summed E-state index contributed by atoms with van der Waals surface area (Å²) in [6.07, 6.45) is 2.92. The lowest BCUT2D eigenvalue weighted by Crippen LogP contribution is -2.40. The number of aromatic nitrogens is 4. The van der Waals surface area contributed by atoms with Crippen LogP contribution in [-0.2, 0) is 25.3 Å². The van der Waals surface area contributed by atoms with Crippen molar-refractivity contribution in [2.75, 3.05) is 6.54 Å². The van der Waals surface area contributed by atoms with Crippen molar-refractivity contribution in [2.45, 2.75) is 45.6 Å². The van der Waals surface area contributed by atoms with Gasteiger partial charge in [0, 0.05) is 26.2 Å². The van der Waals surface area contributed by atoms with Crippen molar-refractivity contribution >= 4 is 16.9 Å². The van der Waals surface area contributed by atoms with E-state index in [1.807, 2.05) is 18.7 Å². The Morgan fingerprint density at radius 1 is 1.17 bits per heavy atom. The van der Waals surface area contributed by atoms with Crippen LogP contribution in [0, 0.1) is 13.8 Å². The third kappa shape index (κ3) is 3.24. The van der Waals surface area contributed by atoms with Crippen LogP contribution in [0.1, 0.15) is 48.0 Å². The zero-order valence-corrected chi connectivity index (χ0v) is 17.6. The van der Waals surface area contributed by atoms with Crippen LogP contribution in [0.4, 0.5) is 0 Å². The van der Waals surface area contributed by atoms with E-state index in [0.29, 0.717) is 29.0 Å². The van der Waals surface area contributed by atoms with Crippen LogP contribution in [0.15, 0.2) is 26.2 Å². The first kappa shape index (κ1) is 20.1. The van der Waals surface area contributed by atoms with E-state index in [-0.39, 0.29) is 23.9 Å². The number of nitrogens with zero attached hydrogens (tertiary/aromatic N) is 5. The number of aryl methyl sites for hydroxylation is 3. The Morgan fingerprint density at radius 2 is 1.93 bits per heavy atom. The number of fused-ring (bicyclic) bond motifs is 1. The summed E-state index contributed by atoms with van der Waals surface area (Å²) in [6.45, 7) is 4.28. The van der Waals surface area contributed by atoms with Gasteiger partial charge in [-0.25, -0.2) is 9.78 Å². The van der Waals surface area contributed by atoms with Gasteiger partial charge in [0.15, 0.2) is 0 Å². The Kier molecular flexibility index (Phi) is 5.05. The molecule has 0 saturated carbocycles. The maximum absolute atomic E-state index is 13.2. The first-order valence-electron chi connectivity index (χ1n) is 10.1. The summed E-state index contributed by atoms with van der Waals surface area (Å²) in [4.78, 5) is 44.4. The molecule has 4 heterocycles. The molecule has 1 saturated heterocycles. The predicted molar refractivity (Wildman–Crippen MR) is 110 cm³/mol. The van der Waals surface area contributed by atoms with Crippen LogP contribution in [0.5, 0.6) is 0 Å². The maximum Gasteiger partial charge on any atom is 0.332 e. The third-order valence-corrected chi connectivity index (χ3v) is 6.00. The molecule has 1 atom stereocenters. The molecule has 0 aliphatic carbocycles. The first-order chi connectivity index (χ1) is 14.3. The number of hydrogen-bond donors (Lipinski definition) is 0. The van der Waals surface area contributed by atoms with Crippen molar-refractivity contribution in [3.63, 3.8) is 0 Å². The largest absolute Gasteiger partial charge is 0.361 e. The van der Waals surface area contributed by atoms with Gasteiger partial charge in [-0.05, 0) is 45.2 Å². The molecule has 30 heavy (non-hydrogen) atoms. The number of hydrogen-bond acceptors (Lipinski definition) is 6. The highest BCUT2D eigenvalue weighted by Gasteiger charge is 2.30. The topological polar surface area (TPSA) is 103 Å². The van der Waals surface area contributed by atoms with Crippen molar-refractivity contribution < 1.29 is 9.32 Å². The van der Waals surface area contributed by atoms with Gasteiger partial charge in [-0.15, -0.1) is 0 Å². The molecule has 0 spiro atoms. The van der Waals surface area contributed by atoms with E-state index in [2.05, 4.69) is 10.1 Å². The van der Waals surface area contributed by atoms with Gasteiger partial charge in [0.05, 0.1) is 29.2 Å². The normalized spacial score (nSPS) is 16.9. The molecule has 0 aromatic carbocycles. The molecule has 3 aromatic rings. The van der Waals surface area contributed by atoms with Crippen molar-refractivity contribution in [1.82, 2.24) is 24.2 Å². The van der Waals surface area contributed by atoms with Gasteiger partial charge in [-0.1, -0.05) is 5.16 Å². The van der Waals surface area contributed by atoms with Crippen molar-refractivity contribution in [3.8, 4) is 0 Å². The highest BCUT2D eigenvalue weighted by molar-refractivity contribution is 5.80. The summed E-state index contributed by atoms with van der Waals surface area (Å²) in [5, 5.41) is 4.32. The molecular weight excluding hydrogens is 386 g/mol. The van der Waals surface area contributed by atoms with Gasteiger partial charge >= 0.3 is 5.69 Å². The van der Waals surface area contributed by atoms with Gasteiger partial charge in [0.2, 0.25) is 5.91 Å². The van der Waals surface area contributed by atoms with Gasteiger partial charge in [-0.3, -0.25) is 18.7 Å². The van der Waals surface area contributed by atoms with Crippen LogP contribution in [-0.4, -0.2) is 36.6 Å². The number of likely N-dealkylation sites (tertiary alicyclic amines) is 1. The van der Waals surface area contributed by atoms with E-state index in [0.717, 1.165) is 35.1 Å². The van der Waals surface area contributed by atoms with E-state index < -0.39 is 5.69 Å². The lowest BCUT2D eigenvalue weighted by atomic mass is 9.97. The number of piperidine rings is 1. The highest BCUT2D eigenvalue weighted by atomic mass is 16.5. The number of carbonyl (C=O) groups excluding carboxylic acids is 1. The van der Waals surface area contributed by atoms with Crippen LogP contribution in [0.25, 0.3) is 11.0 Å². The van der Waals surface area contributed by atoms with E-state index in [4.69, 9.17) is 4.52 Å². The molecular formula is C21H25N5O4. The number of pyridine rings is 1. The number of amides is 1. The van der Waals surface area contributed by atoms with Gasteiger partial charge in [0.1, 0.15) is 11.4 Å². The molecule has 1 fully saturated rings. The Labute approximate surface area is 172 Å². The fraction of sp³-hybridized carbons (Fsp3) is 0.476.